The Morgan fingerprint density at radius 1 is 1.40 bits per heavy atom. The average molecular weight is 226 g/mol. The summed E-state index contributed by atoms with van der Waals surface area (Å²) in [4.78, 5) is 11.5. The minimum atomic E-state index is -1.09. The molecule has 4 heteroatoms. The average Bonchev–Trinajstić information content (AvgIpc) is 3.02. The highest BCUT2D eigenvalue weighted by atomic mass is 35.5. The largest absolute Gasteiger partial charge is 0.378 e. The first kappa shape index (κ1) is 10.5. The number of halogens is 1. The molecule has 2 N–H and O–H groups in total. The maximum atomic E-state index is 11.5. The van der Waals surface area contributed by atoms with Crippen molar-refractivity contribution >= 4 is 17.5 Å². The van der Waals surface area contributed by atoms with Crippen LogP contribution < -0.4 is 5.32 Å². The summed E-state index contributed by atoms with van der Waals surface area (Å²) in [6.45, 7) is 0. The lowest BCUT2D eigenvalue weighted by molar-refractivity contribution is -0.129. The fourth-order valence-corrected chi connectivity index (χ4v) is 1.43. The molecule has 0 aromatic heterocycles. The summed E-state index contributed by atoms with van der Waals surface area (Å²) in [5.41, 5.74) is 0.567. The lowest BCUT2D eigenvalue weighted by atomic mass is 10.1. The summed E-state index contributed by atoms with van der Waals surface area (Å²) in [5, 5.41) is 13.0. The first-order chi connectivity index (χ1) is 7.16. The number of amides is 1. The number of rotatable bonds is 3. The Morgan fingerprint density at radius 3 is 2.53 bits per heavy atom. The summed E-state index contributed by atoms with van der Waals surface area (Å²) in [5.74, 6) is -0.333. The maximum absolute atomic E-state index is 11.5. The first-order valence-corrected chi connectivity index (χ1v) is 5.28. The van der Waals surface area contributed by atoms with Crippen LogP contribution in [-0.2, 0) is 4.79 Å². The molecule has 15 heavy (non-hydrogen) atoms. The Kier molecular flexibility index (Phi) is 2.93. The van der Waals surface area contributed by atoms with Crippen molar-refractivity contribution in [2.75, 3.05) is 0 Å². The van der Waals surface area contributed by atoms with Gasteiger partial charge in [0.05, 0.1) is 0 Å². The molecule has 80 valence electrons. The van der Waals surface area contributed by atoms with Crippen molar-refractivity contribution in [3.05, 3.63) is 34.9 Å². The number of aliphatic hydroxyl groups excluding tert-OH is 1. The third-order valence-corrected chi connectivity index (χ3v) is 2.61. The van der Waals surface area contributed by atoms with Crippen molar-refractivity contribution in [3.63, 3.8) is 0 Å². The van der Waals surface area contributed by atoms with Gasteiger partial charge in [-0.25, -0.2) is 0 Å². The zero-order valence-corrected chi connectivity index (χ0v) is 8.87. The quantitative estimate of drug-likeness (QED) is 0.822. The van der Waals surface area contributed by atoms with Gasteiger partial charge in [0.25, 0.3) is 5.91 Å². The molecule has 1 aromatic carbocycles. The van der Waals surface area contributed by atoms with Crippen molar-refractivity contribution < 1.29 is 9.90 Å². The predicted molar refractivity (Wildman–Crippen MR) is 57.6 cm³/mol. The second-order valence-electron chi connectivity index (χ2n) is 3.74. The van der Waals surface area contributed by atoms with Crippen LogP contribution in [0.15, 0.2) is 24.3 Å². The van der Waals surface area contributed by atoms with E-state index < -0.39 is 6.10 Å². The van der Waals surface area contributed by atoms with Gasteiger partial charge >= 0.3 is 0 Å². The summed E-state index contributed by atoms with van der Waals surface area (Å²) in [7, 11) is 0. The van der Waals surface area contributed by atoms with Crippen molar-refractivity contribution in [2.45, 2.75) is 25.0 Å². The highest BCUT2D eigenvalue weighted by molar-refractivity contribution is 6.30. The van der Waals surface area contributed by atoms with E-state index in [0.717, 1.165) is 12.8 Å². The van der Waals surface area contributed by atoms with Crippen LogP contribution in [0.3, 0.4) is 0 Å². The monoisotopic (exact) mass is 225 g/mol. The van der Waals surface area contributed by atoms with E-state index in [1.165, 1.54) is 0 Å². The standard InChI is InChI=1S/C11H12ClNO2/c12-8-3-1-7(2-4-8)10(14)11(15)13-9-5-6-9/h1-4,9-10,14H,5-6H2,(H,13,15). The lowest BCUT2D eigenvalue weighted by Crippen LogP contribution is -2.30. The number of hydrogen-bond acceptors (Lipinski definition) is 2. The predicted octanol–water partition coefficient (Wildman–Crippen LogP) is 1.65. The van der Waals surface area contributed by atoms with E-state index in [1.807, 2.05) is 0 Å². The van der Waals surface area contributed by atoms with E-state index in [2.05, 4.69) is 5.32 Å². The van der Waals surface area contributed by atoms with Crippen molar-refractivity contribution in [1.29, 1.82) is 0 Å². The molecule has 1 aliphatic rings. The fourth-order valence-electron chi connectivity index (χ4n) is 1.30. The van der Waals surface area contributed by atoms with Gasteiger partial charge in [0.1, 0.15) is 0 Å². The second kappa shape index (κ2) is 4.21. The van der Waals surface area contributed by atoms with Gasteiger partial charge in [-0.05, 0) is 30.5 Å². The Bertz CT molecular complexity index is 359. The van der Waals surface area contributed by atoms with Gasteiger partial charge in [-0.1, -0.05) is 23.7 Å². The van der Waals surface area contributed by atoms with E-state index in [4.69, 9.17) is 11.6 Å². The van der Waals surface area contributed by atoms with E-state index in [-0.39, 0.29) is 11.9 Å². The minimum absolute atomic E-state index is 0.263. The maximum Gasteiger partial charge on any atom is 0.253 e. The molecule has 0 saturated heterocycles. The van der Waals surface area contributed by atoms with Crippen molar-refractivity contribution in [2.24, 2.45) is 0 Å². The number of benzene rings is 1. The Balaban J connectivity index is 2.02. The van der Waals surface area contributed by atoms with E-state index in [1.54, 1.807) is 24.3 Å². The molecular weight excluding hydrogens is 214 g/mol. The van der Waals surface area contributed by atoms with Gasteiger partial charge < -0.3 is 10.4 Å². The van der Waals surface area contributed by atoms with E-state index in [0.29, 0.717) is 10.6 Å². The normalized spacial score (nSPS) is 17.2. The minimum Gasteiger partial charge on any atom is -0.378 e. The topological polar surface area (TPSA) is 49.3 Å². The molecule has 0 spiro atoms. The number of carbonyl (C=O) groups excluding carboxylic acids is 1. The van der Waals surface area contributed by atoms with Gasteiger partial charge in [0, 0.05) is 11.1 Å². The molecule has 3 nitrogen and oxygen atoms in total. The number of hydrogen-bond donors (Lipinski definition) is 2. The molecule has 1 saturated carbocycles. The summed E-state index contributed by atoms with van der Waals surface area (Å²) < 4.78 is 0. The SMILES string of the molecule is O=C(NC1CC1)C(O)c1ccc(Cl)cc1. The molecule has 1 aliphatic carbocycles. The van der Waals surface area contributed by atoms with Crippen LogP contribution in [0.25, 0.3) is 0 Å². The van der Waals surface area contributed by atoms with Crippen LogP contribution in [0.1, 0.15) is 24.5 Å². The smallest absolute Gasteiger partial charge is 0.253 e. The number of nitrogens with one attached hydrogen (secondary N) is 1. The highest BCUT2D eigenvalue weighted by Gasteiger charge is 2.26. The van der Waals surface area contributed by atoms with Crippen LogP contribution in [-0.4, -0.2) is 17.1 Å². The molecule has 1 amide bonds. The van der Waals surface area contributed by atoms with Crippen LogP contribution in [0.4, 0.5) is 0 Å². The molecule has 2 rings (SSSR count). The molecule has 1 fully saturated rings. The molecule has 1 atom stereocenters. The Hall–Kier alpha value is -1.06. The summed E-state index contributed by atoms with van der Waals surface area (Å²) in [6, 6.07) is 6.88. The summed E-state index contributed by atoms with van der Waals surface area (Å²) in [6.07, 6.45) is 0.931. The van der Waals surface area contributed by atoms with Gasteiger partial charge in [-0.15, -0.1) is 0 Å². The molecule has 0 bridgehead atoms. The Labute approximate surface area is 93.1 Å². The molecule has 0 heterocycles. The number of carbonyl (C=O) groups is 1. The van der Waals surface area contributed by atoms with Gasteiger partial charge in [0.15, 0.2) is 6.10 Å². The third-order valence-electron chi connectivity index (χ3n) is 2.36. The van der Waals surface area contributed by atoms with Gasteiger partial charge in [-0.2, -0.15) is 0 Å². The molecule has 1 aromatic rings. The van der Waals surface area contributed by atoms with Crippen LogP contribution in [0.5, 0.6) is 0 Å². The second-order valence-corrected chi connectivity index (χ2v) is 4.17. The van der Waals surface area contributed by atoms with Gasteiger partial charge in [-0.3, -0.25) is 4.79 Å². The van der Waals surface area contributed by atoms with Crippen molar-refractivity contribution in [1.82, 2.24) is 5.32 Å². The molecule has 1 unspecified atom stereocenters. The van der Waals surface area contributed by atoms with E-state index >= 15 is 0 Å². The summed E-state index contributed by atoms with van der Waals surface area (Å²) >= 11 is 5.71. The molecular formula is C11H12ClNO2. The van der Waals surface area contributed by atoms with Gasteiger partial charge in [0.2, 0.25) is 0 Å². The third kappa shape index (κ3) is 2.70. The lowest BCUT2D eigenvalue weighted by Gasteiger charge is -2.10. The number of aliphatic hydroxyl groups is 1. The van der Waals surface area contributed by atoms with Crippen molar-refractivity contribution in [3.8, 4) is 0 Å². The van der Waals surface area contributed by atoms with Crippen LogP contribution >= 0.6 is 11.6 Å². The molecule has 0 radical (unpaired) electrons. The Morgan fingerprint density at radius 2 is 2.00 bits per heavy atom. The zero-order chi connectivity index (χ0) is 10.8. The van der Waals surface area contributed by atoms with E-state index in [9.17, 15) is 9.90 Å². The van der Waals surface area contributed by atoms with Crippen LogP contribution in [0, 0.1) is 0 Å². The zero-order valence-electron chi connectivity index (χ0n) is 8.11. The molecule has 0 aliphatic heterocycles. The fraction of sp³-hybridized carbons (Fsp3) is 0.364. The first-order valence-electron chi connectivity index (χ1n) is 4.91. The van der Waals surface area contributed by atoms with Crippen LogP contribution in [0.2, 0.25) is 5.02 Å². The highest BCUT2D eigenvalue weighted by Crippen LogP contribution is 2.21.